The van der Waals surface area contributed by atoms with E-state index in [4.69, 9.17) is 4.99 Å². The maximum atomic E-state index is 13.7. The Kier molecular flexibility index (Phi) is 6.43. The predicted octanol–water partition coefficient (Wildman–Crippen LogP) is 5.74. The van der Waals surface area contributed by atoms with Crippen LogP contribution >= 0.6 is 0 Å². The van der Waals surface area contributed by atoms with Crippen LogP contribution in [0.15, 0.2) is 65.7 Å². The number of amidine groups is 1. The molecule has 0 spiro atoms. The molecular formula is C26H32N2O. The van der Waals surface area contributed by atoms with E-state index in [1.54, 1.807) is 0 Å². The average molecular weight is 389 g/mol. The van der Waals surface area contributed by atoms with Crippen LogP contribution in [0.25, 0.3) is 0 Å². The molecule has 4 rings (SSSR count). The lowest BCUT2D eigenvalue weighted by Gasteiger charge is -2.50. The van der Waals surface area contributed by atoms with Crippen LogP contribution in [0.1, 0.15) is 68.9 Å². The summed E-state index contributed by atoms with van der Waals surface area (Å²) in [6.45, 7) is 1.60. The van der Waals surface area contributed by atoms with E-state index < -0.39 is 5.41 Å². The van der Waals surface area contributed by atoms with Gasteiger partial charge in [0.2, 0.25) is 0 Å². The molecule has 0 aliphatic carbocycles. The maximum absolute atomic E-state index is 13.7. The highest BCUT2D eigenvalue weighted by Gasteiger charge is 2.60. The number of β-lactam (4-membered cyclic amide) rings is 1. The van der Waals surface area contributed by atoms with Gasteiger partial charge in [0.15, 0.2) is 5.41 Å². The molecule has 0 N–H and O–H groups in total. The summed E-state index contributed by atoms with van der Waals surface area (Å²) >= 11 is 0. The van der Waals surface area contributed by atoms with Gasteiger partial charge in [-0.25, -0.2) is 0 Å². The van der Waals surface area contributed by atoms with Crippen LogP contribution in [-0.2, 0) is 10.2 Å². The van der Waals surface area contributed by atoms with Crippen molar-refractivity contribution in [1.82, 2.24) is 4.90 Å². The second-order valence-corrected chi connectivity index (χ2v) is 8.33. The molecule has 0 saturated carbocycles. The highest BCUT2D eigenvalue weighted by atomic mass is 16.2. The lowest BCUT2D eigenvalue weighted by atomic mass is 9.66. The summed E-state index contributed by atoms with van der Waals surface area (Å²) in [7, 11) is 0. The fourth-order valence-corrected chi connectivity index (χ4v) is 4.81. The number of aliphatic imine (C=N–C) groups is 1. The average Bonchev–Trinajstić information content (AvgIpc) is 2.77. The minimum atomic E-state index is -0.750. The third-order valence-electron chi connectivity index (χ3n) is 6.37. The van der Waals surface area contributed by atoms with Gasteiger partial charge in [-0.2, -0.15) is 0 Å². The van der Waals surface area contributed by atoms with E-state index >= 15 is 0 Å². The first kappa shape index (κ1) is 19.9. The monoisotopic (exact) mass is 388 g/mol. The molecule has 0 radical (unpaired) electrons. The number of nitrogens with zero attached hydrogens (tertiary/aromatic N) is 2. The quantitative estimate of drug-likeness (QED) is 0.604. The van der Waals surface area contributed by atoms with Crippen LogP contribution in [0, 0.1) is 0 Å². The highest BCUT2D eigenvalue weighted by Crippen LogP contribution is 2.44. The van der Waals surface area contributed by atoms with Crippen LogP contribution in [0.4, 0.5) is 0 Å². The van der Waals surface area contributed by atoms with Crippen molar-refractivity contribution in [2.75, 3.05) is 13.1 Å². The van der Waals surface area contributed by atoms with Gasteiger partial charge in [0.25, 0.3) is 5.91 Å². The van der Waals surface area contributed by atoms with Gasteiger partial charge >= 0.3 is 0 Å². The SMILES string of the molecule is O=C1N2CCCCCCCCCCCN=C2C1(c1ccccc1)c1ccccc1. The molecule has 2 aliphatic rings. The molecule has 0 bridgehead atoms. The smallest absolute Gasteiger partial charge is 0.250 e. The Morgan fingerprint density at radius 2 is 1.14 bits per heavy atom. The van der Waals surface area contributed by atoms with Crippen molar-refractivity contribution in [2.45, 2.75) is 63.2 Å². The van der Waals surface area contributed by atoms with E-state index in [-0.39, 0.29) is 5.91 Å². The van der Waals surface area contributed by atoms with Gasteiger partial charge in [0.1, 0.15) is 5.84 Å². The van der Waals surface area contributed by atoms with E-state index in [2.05, 4.69) is 24.3 Å². The van der Waals surface area contributed by atoms with E-state index in [1.165, 1.54) is 44.9 Å². The van der Waals surface area contributed by atoms with Crippen molar-refractivity contribution in [3.8, 4) is 0 Å². The number of hydrogen-bond acceptors (Lipinski definition) is 2. The molecule has 152 valence electrons. The van der Waals surface area contributed by atoms with E-state index in [1.807, 2.05) is 41.3 Å². The molecule has 2 heterocycles. The van der Waals surface area contributed by atoms with Crippen molar-refractivity contribution >= 4 is 11.7 Å². The first-order chi connectivity index (χ1) is 14.3. The summed E-state index contributed by atoms with van der Waals surface area (Å²) < 4.78 is 0. The van der Waals surface area contributed by atoms with Gasteiger partial charge < -0.3 is 0 Å². The van der Waals surface area contributed by atoms with Crippen LogP contribution in [0.3, 0.4) is 0 Å². The summed E-state index contributed by atoms with van der Waals surface area (Å²) in [5, 5.41) is 0. The topological polar surface area (TPSA) is 32.7 Å². The second-order valence-electron chi connectivity index (χ2n) is 8.33. The molecule has 1 fully saturated rings. The maximum Gasteiger partial charge on any atom is 0.250 e. The molecule has 3 nitrogen and oxygen atoms in total. The summed E-state index contributed by atoms with van der Waals surface area (Å²) in [6.07, 6.45) is 11.2. The molecule has 3 heteroatoms. The standard InChI is InChI=1S/C26H32N2O/c29-25-26(22-16-10-8-11-17-22,23-18-12-9-13-19-23)24-27-20-14-6-4-2-1-3-5-7-15-21-28(24)25/h8-13,16-19H,1-7,14-15,20-21H2. The summed E-state index contributed by atoms with van der Waals surface area (Å²) in [6, 6.07) is 20.5. The van der Waals surface area contributed by atoms with Gasteiger partial charge in [-0.1, -0.05) is 106 Å². The third kappa shape index (κ3) is 3.88. The number of fused-ring (bicyclic) bond motifs is 1. The van der Waals surface area contributed by atoms with E-state index in [9.17, 15) is 4.79 Å². The summed E-state index contributed by atoms with van der Waals surface area (Å²) in [5.41, 5.74) is 1.32. The molecule has 2 aromatic rings. The predicted molar refractivity (Wildman–Crippen MR) is 119 cm³/mol. The van der Waals surface area contributed by atoms with Crippen molar-refractivity contribution in [2.24, 2.45) is 4.99 Å². The van der Waals surface area contributed by atoms with Crippen LogP contribution in [-0.4, -0.2) is 29.7 Å². The first-order valence-electron chi connectivity index (χ1n) is 11.3. The van der Waals surface area contributed by atoms with Crippen molar-refractivity contribution in [1.29, 1.82) is 0 Å². The Morgan fingerprint density at radius 1 is 0.655 bits per heavy atom. The lowest BCUT2D eigenvalue weighted by Crippen LogP contribution is -2.69. The molecule has 2 aromatic carbocycles. The Hall–Kier alpha value is -2.42. The van der Waals surface area contributed by atoms with Crippen LogP contribution < -0.4 is 0 Å². The second kappa shape index (κ2) is 9.39. The molecule has 0 atom stereocenters. The number of carbonyl (C=O) groups excluding carboxylic acids is 1. The zero-order valence-corrected chi connectivity index (χ0v) is 17.4. The Balaban J connectivity index is 1.72. The van der Waals surface area contributed by atoms with Gasteiger partial charge in [0, 0.05) is 13.1 Å². The molecule has 29 heavy (non-hydrogen) atoms. The molecule has 0 unspecified atom stereocenters. The molecule has 0 aromatic heterocycles. The van der Waals surface area contributed by atoms with Crippen molar-refractivity contribution in [3.63, 3.8) is 0 Å². The van der Waals surface area contributed by atoms with Gasteiger partial charge in [-0.15, -0.1) is 0 Å². The summed E-state index contributed by atoms with van der Waals surface area (Å²) in [4.78, 5) is 20.7. The molecule has 2 aliphatic heterocycles. The van der Waals surface area contributed by atoms with Gasteiger partial charge in [-0.05, 0) is 24.0 Å². The van der Waals surface area contributed by atoms with Crippen molar-refractivity contribution < 1.29 is 4.79 Å². The Bertz CT molecular complexity index is 789. The molecule has 1 amide bonds. The fourth-order valence-electron chi connectivity index (χ4n) is 4.81. The lowest BCUT2D eigenvalue weighted by molar-refractivity contribution is -0.135. The van der Waals surface area contributed by atoms with Gasteiger partial charge in [-0.3, -0.25) is 14.7 Å². The number of carbonyl (C=O) groups is 1. The van der Waals surface area contributed by atoms with Crippen molar-refractivity contribution in [3.05, 3.63) is 71.8 Å². The number of rotatable bonds is 2. The zero-order valence-electron chi connectivity index (χ0n) is 17.4. The largest absolute Gasteiger partial charge is 0.298 e. The minimum absolute atomic E-state index is 0.181. The third-order valence-corrected chi connectivity index (χ3v) is 6.37. The van der Waals surface area contributed by atoms with E-state index in [0.29, 0.717) is 0 Å². The van der Waals surface area contributed by atoms with Crippen LogP contribution in [0.5, 0.6) is 0 Å². The number of amides is 1. The number of hydrogen-bond donors (Lipinski definition) is 0. The van der Waals surface area contributed by atoms with Gasteiger partial charge in [0.05, 0.1) is 0 Å². The van der Waals surface area contributed by atoms with Crippen LogP contribution in [0.2, 0.25) is 0 Å². The Morgan fingerprint density at radius 3 is 1.69 bits per heavy atom. The summed E-state index contributed by atoms with van der Waals surface area (Å²) in [5.74, 6) is 1.14. The normalized spacial score (nSPS) is 20.8. The highest BCUT2D eigenvalue weighted by molar-refractivity contribution is 6.31. The zero-order chi connectivity index (χ0) is 19.9. The van der Waals surface area contributed by atoms with E-state index in [0.717, 1.165) is 42.9 Å². The molecule has 1 saturated heterocycles. The minimum Gasteiger partial charge on any atom is -0.298 e. The molecular weight excluding hydrogens is 356 g/mol. The number of benzene rings is 2. The first-order valence-corrected chi connectivity index (χ1v) is 11.3. The Labute approximate surface area is 174 Å². The fraction of sp³-hybridized carbons (Fsp3) is 0.462.